The Kier molecular flexibility index (Phi) is 3.45. The molecule has 0 saturated carbocycles. The summed E-state index contributed by atoms with van der Waals surface area (Å²) in [5.41, 5.74) is 0.755. The summed E-state index contributed by atoms with van der Waals surface area (Å²) in [6.07, 6.45) is 9.50. The summed E-state index contributed by atoms with van der Waals surface area (Å²) >= 11 is 0. The molecule has 15 heavy (non-hydrogen) atoms. The Morgan fingerprint density at radius 3 is 2.40 bits per heavy atom. The molecule has 0 unspecified atom stereocenters. The third kappa shape index (κ3) is 2.62. The Bertz CT molecular complexity index is 359. The van der Waals surface area contributed by atoms with Crippen molar-refractivity contribution in [2.45, 2.75) is 51.4 Å². The Balaban J connectivity index is 2.15. The molecular weight excluding hydrogens is 186 g/mol. The van der Waals surface area contributed by atoms with Gasteiger partial charge in [0, 0.05) is 12.8 Å². The molecule has 1 aromatic rings. The highest BCUT2D eigenvalue weighted by Crippen LogP contribution is 2.21. The van der Waals surface area contributed by atoms with Crippen molar-refractivity contribution in [3.05, 3.63) is 23.2 Å². The summed E-state index contributed by atoms with van der Waals surface area (Å²) in [6, 6.07) is 4.15. The van der Waals surface area contributed by atoms with Crippen LogP contribution in [-0.4, -0.2) is 0 Å². The molecule has 0 N–H and O–H groups in total. The van der Waals surface area contributed by atoms with E-state index >= 15 is 0 Å². The van der Waals surface area contributed by atoms with E-state index in [1.807, 2.05) is 6.07 Å². The van der Waals surface area contributed by atoms with E-state index in [0.717, 1.165) is 36.3 Å². The number of hydrogen-bond donors (Lipinski definition) is 0. The first-order valence-corrected chi connectivity index (χ1v) is 5.92. The zero-order chi connectivity index (χ0) is 10.5. The summed E-state index contributed by atoms with van der Waals surface area (Å²) in [7, 11) is 0. The Morgan fingerprint density at radius 2 is 1.67 bits per heavy atom. The van der Waals surface area contributed by atoms with Crippen LogP contribution in [0.1, 0.15) is 55.6 Å². The van der Waals surface area contributed by atoms with Crippen molar-refractivity contribution >= 4 is 0 Å². The van der Waals surface area contributed by atoms with Crippen LogP contribution < -0.4 is 0 Å². The summed E-state index contributed by atoms with van der Waals surface area (Å²) in [5.74, 6) is 1.91. The summed E-state index contributed by atoms with van der Waals surface area (Å²) in [4.78, 5) is 0. The molecule has 2 nitrogen and oxygen atoms in total. The first-order chi connectivity index (χ1) is 7.40. The Morgan fingerprint density at radius 1 is 1.00 bits per heavy atom. The second-order valence-electron chi connectivity index (χ2n) is 4.28. The quantitative estimate of drug-likeness (QED) is 0.646. The average molecular weight is 203 g/mol. The Hall–Kier alpha value is -1.23. The van der Waals surface area contributed by atoms with E-state index < -0.39 is 0 Å². The van der Waals surface area contributed by atoms with Crippen molar-refractivity contribution in [1.29, 1.82) is 5.26 Å². The number of rotatable bonds is 0. The van der Waals surface area contributed by atoms with Crippen molar-refractivity contribution in [2.24, 2.45) is 0 Å². The van der Waals surface area contributed by atoms with Gasteiger partial charge < -0.3 is 4.42 Å². The van der Waals surface area contributed by atoms with Crippen LogP contribution in [-0.2, 0) is 12.8 Å². The highest BCUT2D eigenvalue weighted by Gasteiger charge is 2.11. The first-order valence-electron chi connectivity index (χ1n) is 5.92. The minimum absolute atomic E-state index is 0.755. The van der Waals surface area contributed by atoms with Gasteiger partial charge in [0.15, 0.2) is 0 Å². The van der Waals surface area contributed by atoms with Gasteiger partial charge >= 0.3 is 0 Å². The predicted molar refractivity (Wildman–Crippen MR) is 58.5 cm³/mol. The van der Waals surface area contributed by atoms with E-state index in [0.29, 0.717) is 0 Å². The molecule has 2 rings (SSSR count). The maximum atomic E-state index is 8.96. The van der Waals surface area contributed by atoms with Gasteiger partial charge in [-0.05, 0) is 18.9 Å². The fourth-order valence-corrected chi connectivity index (χ4v) is 2.18. The fourth-order valence-electron chi connectivity index (χ4n) is 2.18. The van der Waals surface area contributed by atoms with Gasteiger partial charge in [0.1, 0.15) is 17.6 Å². The average Bonchev–Trinajstić information content (AvgIpc) is 2.60. The predicted octanol–water partition coefficient (Wildman–Crippen LogP) is 3.59. The van der Waals surface area contributed by atoms with Crippen molar-refractivity contribution in [3.8, 4) is 6.07 Å². The molecule has 0 spiro atoms. The third-order valence-electron chi connectivity index (χ3n) is 3.06. The lowest BCUT2D eigenvalue weighted by Gasteiger charge is -1.99. The van der Waals surface area contributed by atoms with Gasteiger partial charge in [-0.2, -0.15) is 5.26 Å². The lowest BCUT2D eigenvalue weighted by molar-refractivity contribution is 0.455. The van der Waals surface area contributed by atoms with Crippen molar-refractivity contribution in [1.82, 2.24) is 0 Å². The lowest BCUT2D eigenvalue weighted by atomic mass is 10.0. The number of nitriles is 1. The van der Waals surface area contributed by atoms with Crippen LogP contribution in [0.5, 0.6) is 0 Å². The number of fused-ring (bicyclic) bond motifs is 2. The van der Waals surface area contributed by atoms with Gasteiger partial charge in [-0.3, -0.25) is 0 Å². The molecule has 0 radical (unpaired) electrons. The zero-order valence-corrected chi connectivity index (χ0v) is 9.09. The van der Waals surface area contributed by atoms with Gasteiger partial charge in [0.05, 0.1) is 5.56 Å². The van der Waals surface area contributed by atoms with E-state index in [1.165, 1.54) is 32.1 Å². The standard InChI is InChI=1S/C13H17NO/c14-10-11-9-12-7-5-3-1-2-4-6-8-13(11)15-12/h9H,1-8H2. The monoisotopic (exact) mass is 203 g/mol. The third-order valence-corrected chi connectivity index (χ3v) is 3.06. The molecule has 0 amide bonds. The smallest absolute Gasteiger partial charge is 0.121 e. The van der Waals surface area contributed by atoms with Crippen LogP contribution >= 0.6 is 0 Å². The molecule has 1 aliphatic rings. The van der Waals surface area contributed by atoms with E-state index in [1.54, 1.807) is 0 Å². The van der Waals surface area contributed by atoms with Crippen molar-refractivity contribution < 1.29 is 4.42 Å². The maximum Gasteiger partial charge on any atom is 0.121 e. The van der Waals surface area contributed by atoms with Gasteiger partial charge in [-0.1, -0.05) is 25.7 Å². The van der Waals surface area contributed by atoms with Crippen LogP contribution in [0.15, 0.2) is 10.5 Å². The van der Waals surface area contributed by atoms with Crippen LogP contribution in [0.3, 0.4) is 0 Å². The first kappa shape index (κ1) is 10.3. The maximum absolute atomic E-state index is 8.96. The lowest BCUT2D eigenvalue weighted by Crippen LogP contribution is -1.87. The molecule has 1 aromatic heterocycles. The number of aryl methyl sites for hydroxylation is 2. The van der Waals surface area contributed by atoms with E-state index in [2.05, 4.69) is 6.07 Å². The largest absolute Gasteiger partial charge is 0.465 e. The van der Waals surface area contributed by atoms with Gasteiger partial charge in [0.25, 0.3) is 0 Å². The number of hydrogen-bond acceptors (Lipinski definition) is 2. The molecule has 2 heterocycles. The van der Waals surface area contributed by atoms with Crippen LogP contribution in [0.2, 0.25) is 0 Å². The normalized spacial score (nSPS) is 17.8. The highest BCUT2D eigenvalue weighted by molar-refractivity contribution is 5.34. The SMILES string of the molecule is N#Cc1cc2oc1CCCCCCCC2. The summed E-state index contributed by atoms with van der Waals surface area (Å²) in [6.45, 7) is 0. The van der Waals surface area contributed by atoms with E-state index in [4.69, 9.17) is 9.68 Å². The van der Waals surface area contributed by atoms with Gasteiger partial charge in [-0.15, -0.1) is 0 Å². The second kappa shape index (κ2) is 5.02. The molecule has 1 aliphatic heterocycles. The van der Waals surface area contributed by atoms with Crippen LogP contribution in [0, 0.1) is 11.3 Å². The molecule has 0 saturated heterocycles. The minimum Gasteiger partial charge on any atom is -0.465 e. The van der Waals surface area contributed by atoms with E-state index in [9.17, 15) is 0 Å². The molecule has 2 heteroatoms. The van der Waals surface area contributed by atoms with Gasteiger partial charge in [0.2, 0.25) is 0 Å². The number of furan rings is 1. The summed E-state index contributed by atoms with van der Waals surface area (Å²) < 4.78 is 5.72. The van der Waals surface area contributed by atoms with Crippen LogP contribution in [0.25, 0.3) is 0 Å². The van der Waals surface area contributed by atoms with Gasteiger partial charge in [-0.25, -0.2) is 0 Å². The zero-order valence-electron chi connectivity index (χ0n) is 9.09. The molecule has 0 fully saturated rings. The van der Waals surface area contributed by atoms with E-state index in [-0.39, 0.29) is 0 Å². The topological polar surface area (TPSA) is 36.9 Å². The van der Waals surface area contributed by atoms with Crippen LogP contribution in [0.4, 0.5) is 0 Å². The Labute approximate surface area is 90.9 Å². The van der Waals surface area contributed by atoms with Crippen molar-refractivity contribution in [3.63, 3.8) is 0 Å². The number of nitrogens with zero attached hydrogens (tertiary/aromatic N) is 1. The molecular formula is C13H17NO. The fraction of sp³-hybridized carbons (Fsp3) is 0.615. The highest BCUT2D eigenvalue weighted by atomic mass is 16.3. The molecule has 0 aromatic carbocycles. The summed E-state index contributed by atoms with van der Waals surface area (Å²) in [5, 5.41) is 8.96. The molecule has 0 atom stereocenters. The molecule has 0 aliphatic carbocycles. The molecule has 80 valence electrons. The second-order valence-corrected chi connectivity index (χ2v) is 4.28. The minimum atomic E-state index is 0.755. The van der Waals surface area contributed by atoms with Crippen molar-refractivity contribution in [2.75, 3.05) is 0 Å². The molecule has 2 bridgehead atoms.